The first-order valence-electron chi connectivity index (χ1n) is 5.58. The van der Waals surface area contributed by atoms with E-state index in [1.165, 1.54) is 11.5 Å². The summed E-state index contributed by atoms with van der Waals surface area (Å²) in [5.74, 6) is 2.05. The van der Waals surface area contributed by atoms with Crippen LogP contribution in [0.4, 0.5) is 5.00 Å². The molecule has 0 aliphatic carbocycles. The molecule has 0 spiro atoms. The summed E-state index contributed by atoms with van der Waals surface area (Å²) in [5.41, 5.74) is 0.966. The van der Waals surface area contributed by atoms with Gasteiger partial charge in [-0.25, -0.2) is 0 Å². The first-order valence-corrected chi connectivity index (χ1v) is 6.36. The molecule has 1 aromatic carbocycles. The van der Waals surface area contributed by atoms with E-state index in [2.05, 4.69) is 14.9 Å². The molecule has 0 unspecified atom stereocenters. The van der Waals surface area contributed by atoms with E-state index >= 15 is 0 Å². The maximum Gasteiger partial charge on any atom is 0.164 e. The fourth-order valence-corrected chi connectivity index (χ4v) is 2.07. The molecule has 0 radical (unpaired) electrons. The van der Waals surface area contributed by atoms with E-state index in [1.54, 1.807) is 33.6 Å². The number of anilines is 1. The molecule has 0 amide bonds. The van der Waals surface area contributed by atoms with Gasteiger partial charge in [0, 0.05) is 29.7 Å². The molecular weight excluding hydrogens is 266 g/mol. The van der Waals surface area contributed by atoms with Crippen LogP contribution in [-0.4, -0.2) is 30.9 Å². The molecule has 1 heterocycles. The molecule has 0 aliphatic heterocycles. The van der Waals surface area contributed by atoms with Crippen LogP contribution >= 0.6 is 11.5 Å². The Morgan fingerprint density at radius 1 is 1.05 bits per heavy atom. The molecule has 1 aromatic heterocycles. The molecule has 102 valence electrons. The van der Waals surface area contributed by atoms with Crippen LogP contribution in [0.2, 0.25) is 0 Å². The third-order valence-electron chi connectivity index (χ3n) is 2.60. The third kappa shape index (κ3) is 3.05. The van der Waals surface area contributed by atoms with Crippen molar-refractivity contribution < 1.29 is 14.2 Å². The maximum absolute atomic E-state index is 5.35. The quantitative estimate of drug-likeness (QED) is 0.875. The van der Waals surface area contributed by atoms with Gasteiger partial charge in [-0.2, -0.15) is 0 Å². The molecule has 0 atom stereocenters. The van der Waals surface area contributed by atoms with Crippen molar-refractivity contribution in [2.24, 2.45) is 0 Å². The van der Waals surface area contributed by atoms with Crippen molar-refractivity contribution in [3.8, 4) is 17.2 Å². The fraction of sp³-hybridized carbons (Fsp3) is 0.333. The van der Waals surface area contributed by atoms with Gasteiger partial charge in [-0.1, -0.05) is 4.49 Å². The highest BCUT2D eigenvalue weighted by atomic mass is 32.1. The minimum absolute atomic E-state index is 0.591. The number of methoxy groups -OCH3 is 3. The molecule has 0 aliphatic rings. The molecule has 2 aromatic rings. The summed E-state index contributed by atoms with van der Waals surface area (Å²) in [7, 11) is 4.83. The lowest BCUT2D eigenvalue weighted by molar-refractivity contribution is 0.347. The molecule has 7 heteroatoms. The van der Waals surface area contributed by atoms with Crippen molar-refractivity contribution in [3.05, 3.63) is 23.9 Å². The summed E-state index contributed by atoms with van der Waals surface area (Å²) < 4.78 is 19.7. The van der Waals surface area contributed by atoms with Crippen LogP contribution in [0.25, 0.3) is 0 Å². The number of rotatable bonds is 6. The number of hydrogen-bond donors (Lipinski definition) is 1. The lowest BCUT2D eigenvalue weighted by Gasteiger charge is -2.14. The van der Waals surface area contributed by atoms with Gasteiger partial charge in [0.1, 0.15) is 10.8 Å². The van der Waals surface area contributed by atoms with E-state index in [-0.39, 0.29) is 0 Å². The molecule has 0 fully saturated rings. The van der Waals surface area contributed by atoms with Crippen molar-refractivity contribution in [1.82, 2.24) is 9.59 Å². The van der Waals surface area contributed by atoms with Gasteiger partial charge in [-0.05, 0) is 6.07 Å². The van der Waals surface area contributed by atoms with E-state index < -0.39 is 0 Å². The lowest BCUT2D eigenvalue weighted by atomic mass is 10.1. The standard InChI is InChI=1S/C12H15N3O3S/c1-16-9-5-11(18-3)10(17-2)4-8(9)6-13-12-7-14-15-19-12/h4-5,7,13H,6H2,1-3H3. The van der Waals surface area contributed by atoms with E-state index in [9.17, 15) is 0 Å². The van der Waals surface area contributed by atoms with Gasteiger partial charge in [0.05, 0.1) is 27.5 Å². The average Bonchev–Trinajstić information content (AvgIpc) is 2.97. The molecule has 0 saturated heterocycles. The van der Waals surface area contributed by atoms with Gasteiger partial charge in [-0.15, -0.1) is 5.10 Å². The van der Waals surface area contributed by atoms with Crippen LogP contribution in [0.5, 0.6) is 17.2 Å². The first kappa shape index (κ1) is 13.4. The number of nitrogens with one attached hydrogen (secondary N) is 1. The van der Waals surface area contributed by atoms with Gasteiger partial charge in [0.2, 0.25) is 0 Å². The normalized spacial score (nSPS) is 10.1. The zero-order chi connectivity index (χ0) is 13.7. The van der Waals surface area contributed by atoms with Crippen molar-refractivity contribution in [1.29, 1.82) is 0 Å². The highest BCUT2D eigenvalue weighted by Crippen LogP contribution is 2.34. The van der Waals surface area contributed by atoms with Gasteiger partial charge >= 0.3 is 0 Å². The molecule has 0 bridgehead atoms. The molecule has 0 saturated carbocycles. The second-order valence-corrected chi connectivity index (χ2v) is 4.44. The Bertz CT molecular complexity index is 531. The Balaban J connectivity index is 2.22. The minimum Gasteiger partial charge on any atom is -0.496 e. The molecular formula is C12H15N3O3S. The zero-order valence-electron chi connectivity index (χ0n) is 11.0. The monoisotopic (exact) mass is 281 g/mol. The van der Waals surface area contributed by atoms with Crippen LogP contribution in [0.15, 0.2) is 18.3 Å². The summed E-state index contributed by atoms with van der Waals surface area (Å²) in [6.07, 6.45) is 1.68. The largest absolute Gasteiger partial charge is 0.496 e. The van der Waals surface area contributed by atoms with Gasteiger partial charge in [-0.3, -0.25) is 0 Å². The van der Waals surface area contributed by atoms with Crippen molar-refractivity contribution >= 4 is 16.5 Å². The lowest BCUT2D eigenvalue weighted by Crippen LogP contribution is -2.02. The van der Waals surface area contributed by atoms with Crippen LogP contribution in [0.3, 0.4) is 0 Å². The Labute approximate surface area is 115 Å². The predicted octanol–water partition coefficient (Wildman–Crippen LogP) is 2.18. The Hall–Kier alpha value is -2.02. The predicted molar refractivity (Wildman–Crippen MR) is 73.3 cm³/mol. The van der Waals surface area contributed by atoms with Crippen LogP contribution < -0.4 is 19.5 Å². The molecule has 1 N–H and O–H groups in total. The molecule has 2 rings (SSSR count). The van der Waals surface area contributed by atoms with Crippen LogP contribution in [0, 0.1) is 0 Å². The van der Waals surface area contributed by atoms with Crippen molar-refractivity contribution in [2.45, 2.75) is 6.54 Å². The number of nitrogens with zero attached hydrogens (tertiary/aromatic N) is 2. The van der Waals surface area contributed by atoms with Crippen LogP contribution in [0.1, 0.15) is 5.56 Å². The first-order chi connectivity index (χ1) is 9.28. The second-order valence-electron chi connectivity index (χ2n) is 3.65. The summed E-state index contributed by atoms with van der Waals surface area (Å²) in [5, 5.41) is 7.89. The number of aromatic nitrogens is 2. The van der Waals surface area contributed by atoms with E-state index in [0.29, 0.717) is 18.0 Å². The van der Waals surface area contributed by atoms with Gasteiger partial charge in [0.25, 0.3) is 0 Å². The highest BCUT2D eigenvalue weighted by Gasteiger charge is 2.11. The Morgan fingerprint density at radius 2 is 1.74 bits per heavy atom. The summed E-state index contributed by atoms with van der Waals surface area (Å²) in [6.45, 7) is 0.591. The second kappa shape index (κ2) is 6.24. The van der Waals surface area contributed by atoms with Crippen molar-refractivity contribution in [3.63, 3.8) is 0 Å². The molecule has 6 nitrogen and oxygen atoms in total. The minimum atomic E-state index is 0.591. The van der Waals surface area contributed by atoms with E-state index in [1.807, 2.05) is 6.07 Å². The average molecular weight is 281 g/mol. The van der Waals surface area contributed by atoms with Gasteiger partial charge in [0.15, 0.2) is 11.5 Å². The summed E-state index contributed by atoms with van der Waals surface area (Å²) >= 11 is 1.30. The molecule has 19 heavy (non-hydrogen) atoms. The van der Waals surface area contributed by atoms with Gasteiger partial charge < -0.3 is 19.5 Å². The summed E-state index contributed by atoms with van der Waals surface area (Å²) in [6, 6.07) is 3.69. The van der Waals surface area contributed by atoms with Crippen molar-refractivity contribution in [2.75, 3.05) is 26.6 Å². The third-order valence-corrected chi connectivity index (χ3v) is 3.22. The SMILES string of the molecule is COc1cc(OC)c(OC)cc1CNc1cnns1. The van der Waals surface area contributed by atoms with E-state index in [4.69, 9.17) is 14.2 Å². The number of ether oxygens (including phenoxy) is 3. The Kier molecular flexibility index (Phi) is 4.40. The number of hydrogen-bond acceptors (Lipinski definition) is 7. The smallest absolute Gasteiger partial charge is 0.164 e. The fourth-order valence-electron chi connectivity index (χ4n) is 1.66. The summed E-state index contributed by atoms with van der Waals surface area (Å²) in [4.78, 5) is 0. The topological polar surface area (TPSA) is 65.5 Å². The number of benzene rings is 1. The van der Waals surface area contributed by atoms with Crippen LogP contribution in [-0.2, 0) is 6.54 Å². The highest BCUT2D eigenvalue weighted by molar-refractivity contribution is 7.09. The van der Waals surface area contributed by atoms with E-state index in [0.717, 1.165) is 16.3 Å². The Morgan fingerprint density at radius 3 is 2.32 bits per heavy atom. The zero-order valence-corrected chi connectivity index (χ0v) is 11.8. The maximum atomic E-state index is 5.35.